The maximum atomic E-state index is 12.0. The van der Waals surface area contributed by atoms with Crippen molar-refractivity contribution in [2.45, 2.75) is 19.4 Å². The van der Waals surface area contributed by atoms with Gasteiger partial charge in [0.15, 0.2) is 5.78 Å². The number of hydrogen-bond donors (Lipinski definition) is 0. The summed E-state index contributed by atoms with van der Waals surface area (Å²) in [5.74, 6) is 0.0105. The van der Waals surface area contributed by atoms with E-state index in [9.17, 15) is 9.59 Å². The number of cyclic esters (lactones) is 1. The summed E-state index contributed by atoms with van der Waals surface area (Å²) in [6.45, 7) is 1.90. The molecule has 3 rings (SSSR count). The molecule has 0 saturated carbocycles. The summed E-state index contributed by atoms with van der Waals surface area (Å²) >= 11 is 0. The second-order valence-corrected chi connectivity index (χ2v) is 5.39. The summed E-state index contributed by atoms with van der Waals surface area (Å²) in [4.78, 5) is 25.0. The van der Waals surface area contributed by atoms with E-state index >= 15 is 0 Å². The largest absolute Gasteiger partial charge is 0.447 e. The lowest BCUT2D eigenvalue weighted by Crippen LogP contribution is -2.35. The summed E-state index contributed by atoms with van der Waals surface area (Å²) in [6, 6.07) is 17.1. The Kier molecular flexibility index (Phi) is 3.92. The van der Waals surface area contributed by atoms with Gasteiger partial charge in [-0.3, -0.25) is 9.69 Å². The van der Waals surface area contributed by atoms with Crippen LogP contribution >= 0.6 is 0 Å². The van der Waals surface area contributed by atoms with E-state index in [0.717, 1.165) is 17.7 Å². The van der Waals surface area contributed by atoms with Crippen molar-refractivity contribution in [3.63, 3.8) is 0 Å². The zero-order chi connectivity index (χ0) is 15.5. The van der Waals surface area contributed by atoms with Crippen LogP contribution in [0.15, 0.2) is 54.6 Å². The van der Waals surface area contributed by atoms with E-state index in [4.69, 9.17) is 4.74 Å². The summed E-state index contributed by atoms with van der Waals surface area (Å²) in [5, 5.41) is 0. The van der Waals surface area contributed by atoms with E-state index in [0.29, 0.717) is 12.2 Å². The van der Waals surface area contributed by atoms with E-state index in [2.05, 4.69) is 0 Å². The highest BCUT2D eigenvalue weighted by Gasteiger charge is 2.34. The monoisotopic (exact) mass is 295 g/mol. The van der Waals surface area contributed by atoms with Crippen molar-refractivity contribution in [3.8, 4) is 0 Å². The lowest BCUT2D eigenvalue weighted by atomic mass is 10.0. The predicted molar refractivity (Wildman–Crippen MR) is 84.2 cm³/mol. The maximum Gasteiger partial charge on any atom is 0.414 e. The number of benzene rings is 2. The smallest absolute Gasteiger partial charge is 0.414 e. The van der Waals surface area contributed by atoms with Crippen LogP contribution in [0.5, 0.6) is 0 Å². The Morgan fingerprint density at radius 3 is 2.45 bits per heavy atom. The number of anilines is 1. The third kappa shape index (κ3) is 2.86. The van der Waals surface area contributed by atoms with Crippen molar-refractivity contribution < 1.29 is 14.3 Å². The van der Waals surface area contributed by atoms with Crippen molar-refractivity contribution in [2.24, 2.45) is 0 Å². The van der Waals surface area contributed by atoms with E-state index in [1.165, 1.54) is 6.92 Å². The van der Waals surface area contributed by atoms with Gasteiger partial charge in [0.1, 0.15) is 6.61 Å². The zero-order valence-electron chi connectivity index (χ0n) is 12.4. The Morgan fingerprint density at radius 2 is 1.82 bits per heavy atom. The molecule has 0 unspecified atom stereocenters. The van der Waals surface area contributed by atoms with E-state index in [1.807, 2.05) is 30.3 Å². The van der Waals surface area contributed by atoms with E-state index in [1.54, 1.807) is 29.2 Å². The second kappa shape index (κ2) is 6.02. The molecule has 1 atom stereocenters. The quantitative estimate of drug-likeness (QED) is 0.812. The predicted octanol–water partition coefficient (Wildman–Crippen LogP) is 3.46. The minimum atomic E-state index is -0.337. The molecule has 0 aliphatic carbocycles. The van der Waals surface area contributed by atoms with Gasteiger partial charge in [-0.05, 0) is 43.2 Å². The number of rotatable bonds is 4. The highest BCUT2D eigenvalue weighted by molar-refractivity contribution is 5.95. The minimum Gasteiger partial charge on any atom is -0.447 e. The molecule has 0 radical (unpaired) electrons. The van der Waals surface area contributed by atoms with Crippen LogP contribution in [0, 0.1) is 0 Å². The molecule has 1 aliphatic heterocycles. The minimum absolute atomic E-state index is 0.0105. The van der Waals surface area contributed by atoms with Crippen LogP contribution < -0.4 is 4.90 Å². The van der Waals surface area contributed by atoms with Gasteiger partial charge in [-0.2, -0.15) is 0 Å². The first-order valence-electron chi connectivity index (χ1n) is 7.26. The highest BCUT2D eigenvalue weighted by atomic mass is 16.6. The van der Waals surface area contributed by atoms with E-state index in [-0.39, 0.29) is 17.9 Å². The number of carbonyl (C=O) groups excluding carboxylic acids is 2. The fraction of sp³-hybridized carbons (Fsp3) is 0.222. The molecule has 0 bridgehead atoms. The average Bonchev–Trinajstić information content (AvgIpc) is 2.89. The molecule has 0 aromatic heterocycles. The third-order valence-corrected chi connectivity index (χ3v) is 3.83. The van der Waals surface area contributed by atoms with Crippen LogP contribution in [0.2, 0.25) is 0 Å². The van der Waals surface area contributed by atoms with Crippen molar-refractivity contribution in [2.75, 3.05) is 11.5 Å². The van der Waals surface area contributed by atoms with Gasteiger partial charge >= 0.3 is 6.09 Å². The van der Waals surface area contributed by atoms with Crippen LogP contribution in [-0.2, 0) is 11.2 Å². The summed E-state index contributed by atoms with van der Waals surface area (Å²) in [6.07, 6.45) is 0.401. The first-order chi connectivity index (χ1) is 10.6. The Morgan fingerprint density at radius 1 is 1.14 bits per heavy atom. The number of carbonyl (C=O) groups is 2. The molecular formula is C18H17NO3. The van der Waals surface area contributed by atoms with Crippen molar-refractivity contribution >= 4 is 17.6 Å². The first-order valence-corrected chi connectivity index (χ1v) is 7.26. The van der Waals surface area contributed by atoms with Gasteiger partial charge < -0.3 is 4.74 Å². The lowest BCUT2D eigenvalue weighted by molar-refractivity contribution is 0.101. The van der Waals surface area contributed by atoms with Gasteiger partial charge in [-0.15, -0.1) is 0 Å². The number of nitrogens with zero attached hydrogens (tertiary/aromatic N) is 1. The molecule has 1 fully saturated rings. The molecule has 112 valence electrons. The summed E-state index contributed by atoms with van der Waals surface area (Å²) in [7, 11) is 0. The first kappa shape index (κ1) is 14.3. The van der Waals surface area contributed by atoms with Gasteiger partial charge in [0.2, 0.25) is 0 Å². The molecular weight excluding hydrogens is 278 g/mol. The molecule has 0 N–H and O–H groups in total. The highest BCUT2D eigenvalue weighted by Crippen LogP contribution is 2.25. The Hall–Kier alpha value is -2.62. The standard InChI is InChI=1S/C18H17NO3/c1-13(20)15-7-9-16(10-8-15)19-17(12-22-18(19)21)11-14-5-3-2-4-6-14/h2-10,17H,11-12H2,1H3/t17-/m0/s1. The molecule has 22 heavy (non-hydrogen) atoms. The fourth-order valence-electron chi connectivity index (χ4n) is 2.67. The van der Waals surface area contributed by atoms with Gasteiger partial charge in [-0.1, -0.05) is 30.3 Å². The number of ketones is 1. The topological polar surface area (TPSA) is 46.6 Å². The Balaban J connectivity index is 1.83. The molecule has 4 heteroatoms. The van der Waals surface area contributed by atoms with Crippen LogP contribution in [0.25, 0.3) is 0 Å². The maximum absolute atomic E-state index is 12.0. The van der Waals surface area contributed by atoms with Crippen molar-refractivity contribution in [3.05, 3.63) is 65.7 Å². The number of amides is 1. The number of Topliss-reactive ketones (excluding diaryl/α,β-unsaturated/α-hetero) is 1. The normalized spacial score (nSPS) is 17.4. The molecule has 1 saturated heterocycles. The SMILES string of the molecule is CC(=O)c1ccc(N2C(=O)OC[C@@H]2Cc2ccccc2)cc1. The van der Waals surface area contributed by atoms with Gasteiger partial charge in [-0.25, -0.2) is 4.79 Å². The van der Waals surface area contributed by atoms with Crippen LogP contribution in [0.4, 0.5) is 10.5 Å². The van der Waals surface area contributed by atoms with Crippen molar-refractivity contribution in [1.82, 2.24) is 0 Å². The fourth-order valence-corrected chi connectivity index (χ4v) is 2.67. The second-order valence-electron chi connectivity index (χ2n) is 5.39. The van der Waals surface area contributed by atoms with Gasteiger partial charge in [0, 0.05) is 11.3 Å². The van der Waals surface area contributed by atoms with Crippen LogP contribution in [0.1, 0.15) is 22.8 Å². The Labute approximate surface area is 129 Å². The van der Waals surface area contributed by atoms with Crippen molar-refractivity contribution in [1.29, 1.82) is 0 Å². The van der Waals surface area contributed by atoms with Gasteiger partial charge in [0.05, 0.1) is 6.04 Å². The molecule has 4 nitrogen and oxygen atoms in total. The average molecular weight is 295 g/mol. The number of hydrogen-bond acceptors (Lipinski definition) is 3. The molecule has 2 aromatic carbocycles. The van der Waals surface area contributed by atoms with Crippen LogP contribution in [-0.4, -0.2) is 24.5 Å². The lowest BCUT2D eigenvalue weighted by Gasteiger charge is -2.21. The Bertz CT molecular complexity index is 679. The summed E-state index contributed by atoms with van der Waals surface area (Å²) in [5.41, 5.74) is 2.56. The molecule has 2 aromatic rings. The van der Waals surface area contributed by atoms with Gasteiger partial charge in [0.25, 0.3) is 0 Å². The van der Waals surface area contributed by atoms with E-state index < -0.39 is 0 Å². The molecule has 1 heterocycles. The third-order valence-electron chi connectivity index (χ3n) is 3.83. The molecule has 1 aliphatic rings. The molecule has 1 amide bonds. The summed E-state index contributed by atoms with van der Waals surface area (Å²) < 4.78 is 5.20. The zero-order valence-corrected chi connectivity index (χ0v) is 12.4. The van der Waals surface area contributed by atoms with Crippen LogP contribution in [0.3, 0.4) is 0 Å². The number of ether oxygens (including phenoxy) is 1. The molecule has 0 spiro atoms.